The molecule has 1 amide bonds. The van der Waals surface area contributed by atoms with E-state index in [-0.39, 0.29) is 5.91 Å². The second-order valence-electron chi connectivity index (χ2n) is 9.41. The van der Waals surface area contributed by atoms with Crippen molar-refractivity contribution in [3.8, 4) is 0 Å². The highest BCUT2D eigenvalue weighted by Gasteiger charge is 2.27. The summed E-state index contributed by atoms with van der Waals surface area (Å²) in [7, 11) is -1.58. The molecule has 0 N–H and O–H groups in total. The summed E-state index contributed by atoms with van der Waals surface area (Å²) in [6.45, 7) is 4.25. The van der Waals surface area contributed by atoms with Crippen molar-refractivity contribution in [2.24, 2.45) is 7.05 Å². The van der Waals surface area contributed by atoms with Crippen LogP contribution in [0.5, 0.6) is 0 Å². The molecule has 0 radical (unpaired) electrons. The molecule has 2 fully saturated rings. The minimum atomic E-state index is -3.50. The average Bonchev–Trinajstić information content (AvgIpc) is 3.23. The van der Waals surface area contributed by atoms with Crippen LogP contribution in [0.3, 0.4) is 0 Å². The van der Waals surface area contributed by atoms with Gasteiger partial charge in [0.05, 0.1) is 15.9 Å². The van der Waals surface area contributed by atoms with Crippen LogP contribution in [0.2, 0.25) is 0 Å². The molecule has 9 heteroatoms. The topological polar surface area (TPSA) is 78.8 Å². The van der Waals surface area contributed by atoms with Crippen LogP contribution in [-0.4, -0.2) is 72.3 Å². The van der Waals surface area contributed by atoms with Gasteiger partial charge in [-0.2, -0.15) is 4.31 Å². The summed E-state index contributed by atoms with van der Waals surface area (Å²) >= 11 is 0. The summed E-state index contributed by atoms with van der Waals surface area (Å²) in [6.07, 6.45) is 3.81. The zero-order valence-electron chi connectivity index (χ0n) is 20.3. The number of hydrogen-bond acceptors (Lipinski definition) is 5. The van der Waals surface area contributed by atoms with Gasteiger partial charge in [0.1, 0.15) is 5.82 Å². The van der Waals surface area contributed by atoms with E-state index < -0.39 is 10.0 Å². The first-order chi connectivity index (χ1) is 16.9. The highest BCUT2D eigenvalue weighted by atomic mass is 32.2. The van der Waals surface area contributed by atoms with Crippen molar-refractivity contribution in [1.29, 1.82) is 0 Å². The quantitative estimate of drug-likeness (QED) is 0.525. The minimum Gasteiger partial charge on any atom is -0.368 e. The van der Waals surface area contributed by atoms with Crippen LogP contribution >= 0.6 is 0 Å². The number of hydrogen-bond donors (Lipinski definition) is 0. The van der Waals surface area contributed by atoms with Gasteiger partial charge in [-0.15, -0.1) is 0 Å². The number of piperazine rings is 1. The number of sulfonamides is 1. The zero-order valence-corrected chi connectivity index (χ0v) is 21.1. The first-order valence-corrected chi connectivity index (χ1v) is 13.9. The number of fused-ring (bicyclic) bond motifs is 1. The van der Waals surface area contributed by atoms with Crippen LogP contribution in [0.15, 0.2) is 53.4 Å². The van der Waals surface area contributed by atoms with E-state index >= 15 is 0 Å². The third-order valence-corrected chi connectivity index (χ3v) is 9.11. The van der Waals surface area contributed by atoms with Crippen LogP contribution in [0.25, 0.3) is 11.0 Å². The first kappa shape index (κ1) is 23.8. The predicted octanol–water partition coefficient (Wildman–Crippen LogP) is 3.03. The SMILES string of the molecule is Cn1c(CCC(=O)N2CCN(c3ccccc3)CC2)nc2cc(S(=O)(=O)N3CCCCC3)ccc21. The molecule has 0 atom stereocenters. The lowest BCUT2D eigenvalue weighted by molar-refractivity contribution is -0.131. The molecule has 3 heterocycles. The molecule has 8 nitrogen and oxygen atoms in total. The average molecular weight is 496 g/mol. The number of carbonyl (C=O) groups is 1. The van der Waals surface area contributed by atoms with Gasteiger partial charge in [0, 0.05) is 64.8 Å². The highest BCUT2D eigenvalue weighted by molar-refractivity contribution is 7.89. The molecule has 0 spiro atoms. The van der Waals surface area contributed by atoms with Gasteiger partial charge in [-0.05, 0) is 43.2 Å². The van der Waals surface area contributed by atoms with Gasteiger partial charge in [0.25, 0.3) is 0 Å². The van der Waals surface area contributed by atoms with Gasteiger partial charge < -0.3 is 14.4 Å². The molecule has 2 aliphatic rings. The Morgan fingerprint density at radius 2 is 1.63 bits per heavy atom. The summed E-state index contributed by atoms with van der Waals surface area (Å²) in [5.41, 5.74) is 2.73. The molecule has 2 saturated heterocycles. The molecule has 0 unspecified atom stereocenters. The fourth-order valence-corrected chi connectivity index (χ4v) is 6.64. The van der Waals surface area contributed by atoms with E-state index in [1.54, 1.807) is 16.4 Å². The number of carbonyl (C=O) groups excluding carboxylic acids is 1. The van der Waals surface area contributed by atoms with Gasteiger partial charge in [0.2, 0.25) is 15.9 Å². The van der Waals surface area contributed by atoms with E-state index in [1.165, 1.54) is 5.69 Å². The predicted molar refractivity (Wildman–Crippen MR) is 137 cm³/mol. The molecule has 5 rings (SSSR count). The fourth-order valence-electron chi connectivity index (χ4n) is 5.10. The number of aromatic nitrogens is 2. The third-order valence-electron chi connectivity index (χ3n) is 7.21. The second-order valence-corrected chi connectivity index (χ2v) is 11.3. The zero-order chi connectivity index (χ0) is 24.4. The Morgan fingerprint density at radius 3 is 2.34 bits per heavy atom. The molecule has 1 aromatic heterocycles. The summed E-state index contributed by atoms with van der Waals surface area (Å²) in [4.78, 5) is 22.1. The van der Waals surface area contributed by atoms with Crippen LogP contribution < -0.4 is 4.90 Å². The maximum Gasteiger partial charge on any atom is 0.243 e. The molecular weight excluding hydrogens is 462 g/mol. The van der Waals surface area contributed by atoms with E-state index in [2.05, 4.69) is 17.0 Å². The number of piperidine rings is 1. The lowest BCUT2D eigenvalue weighted by atomic mass is 10.2. The van der Waals surface area contributed by atoms with Crippen molar-refractivity contribution < 1.29 is 13.2 Å². The van der Waals surface area contributed by atoms with Crippen LogP contribution in [-0.2, 0) is 28.3 Å². The van der Waals surface area contributed by atoms with Crippen LogP contribution in [0, 0.1) is 0 Å². The molecule has 35 heavy (non-hydrogen) atoms. The molecule has 0 bridgehead atoms. The van der Waals surface area contributed by atoms with E-state index in [0.717, 1.165) is 43.7 Å². The lowest BCUT2D eigenvalue weighted by Gasteiger charge is -2.36. The van der Waals surface area contributed by atoms with Crippen molar-refractivity contribution in [3.63, 3.8) is 0 Å². The van der Waals surface area contributed by atoms with Gasteiger partial charge in [-0.1, -0.05) is 24.6 Å². The molecular formula is C26H33N5O3S. The first-order valence-electron chi connectivity index (χ1n) is 12.5. The van der Waals surface area contributed by atoms with E-state index in [1.807, 2.05) is 40.8 Å². The smallest absolute Gasteiger partial charge is 0.243 e. The van der Waals surface area contributed by atoms with E-state index in [9.17, 15) is 13.2 Å². The number of anilines is 1. The van der Waals surface area contributed by atoms with Gasteiger partial charge in [0.15, 0.2) is 0 Å². The van der Waals surface area contributed by atoms with Gasteiger partial charge in [-0.3, -0.25) is 4.79 Å². The summed E-state index contributed by atoms with van der Waals surface area (Å²) < 4.78 is 29.7. The van der Waals surface area contributed by atoms with Crippen molar-refractivity contribution in [2.75, 3.05) is 44.2 Å². The van der Waals surface area contributed by atoms with Gasteiger partial charge in [-0.25, -0.2) is 13.4 Å². The maximum atomic E-state index is 13.1. The number of nitrogens with zero attached hydrogens (tertiary/aromatic N) is 5. The molecule has 0 aliphatic carbocycles. The van der Waals surface area contributed by atoms with Crippen LogP contribution in [0.4, 0.5) is 5.69 Å². The number of aryl methyl sites for hydroxylation is 2. The van der Waals surface area contributed by atoms with Gasteiger partial charge >= 0.3 is 0 Å². The molecule has 186 valence electrons. The molecule has 2 aliphatic heterocycles. The standard InChI is InChI=1S/C26H33N5O3S/c1-28-24-11-10-22(35(33,34)31-14-6-3-7-15-31)20-23(24)27-25(28)12-13-26(32)30-18-16-29(17-19-30)21-8-4-2-5-9-21/h2,4-5,8-11,20H,3,6-7,12-19H2,1H3. The Kier molecular flexibility index (Phi) is 6.80. The van der Waals surface area contributed by atoms with Crippen molar-refractivity contribution in [3.05, 3.63) is 54.4 Å². The summed E-state index contributed by atoms with van der Waals surface area (Å²) in [6, 6.07) is 15.5. The highest BCUT2D eigenvalue weighted by Crippen LogP contribution is 2.25. The largest absolute Gasteiger partial charge is 0.368 e. The fraction of sp³-hybridized carbons (Fsp3) is 0.462. The minimum absolute atomic E-state index is 0.137. The Balaban J connectivity index is 1.23. The molecule has 3 aromatic rings. The molecule has 0 saturated carbocycles. The number of benzene rings is 2. The number of para-hydroxylation sites is 1. The van der Waals surface area contributed by atoms with Crippen LogP contribution in [0.1, 0.15) is 31.5 Å². The third kappa shape index (κ3) is 4.92. The Hall–Kier alpha value is -2.91. The van der Waals surface area contributed by atoms with Crippen molar-refractivity contribution >= 4 is 32.7 Å². The van der Waals surface area contributed by atoms with Crippen molar-refractivity contribution in [1.82, 2.24) is 18.8 Å². The summed E-state index contributed by atoms with van der Waals surface area (Å²) in [5.74, 6) is 0.932. The Morgan fingerprint density at radius 1 is 0.914 bits per heavy atom. The number of amides is 1. The summed E-state index contributed by atoms with van der Waals surface area (Å²) in [5, 5.41) is 0. The number of rotatable bonds is 6. The van der Waals surface area contributed by atoms with Crippen molar-refractivity contribution in [2.45, 2.75) is 37.0 Å². The monoisotopic (exact) mass is 495 g/mol. The number of imidazole rings is 1. The normalized spacial score (nSPS) is 17.7. The maximum absolute atomic E-state index is 13.1. The lowest BCUT2D eigenvalue weighted by Crippen LogP contribution is -2.48. The second kappa shape index (κ2) is 9.99. The van der Waals surface area contributed by atoms with E-state index in [4.69, 9.17) is 4.98 Å². The van der Waals surface area contributed by atoms with E-state index in [0.29, 0.717) is 49.4 Å². The Labute approximate surface area is 207 Å². The Bertz CT molecular complexity index is 1290. The molecule has 2 aromatic carbocycles.